The van der Waals surface area contributed by atoms with Crippen molar-refractivity contribution in [3.05, 3.63) is 35.9 Å². The maximum Gasteiger partial charge on any atom is 0.0446 e. The maximum absolute atomic E-state index is 6.05. The van der Waals surface area contributed by atoms with E-state index in [1.807, 2.05) is 30.3 Å². The van der Waals surface area contributed by atoms with Gasteiger partial charge in [-0.25, -0.2) is 0 Å². The van der Waals surface area contributed by atoms with Crippen molar-refractivity contribution in [2.75, 3.05) is 11.5 Å². The Morgan fingerprint density at radius 3 is 2.57 bits per heavy atom. The highest BCUT2D eigenvalue weighted by molar-refractivity contribution is 5.97. The summed E-state index contributed by atoms with van der Waals surface area (Å²) in [5.41, 5.74) is 14.6. The molecular formula is C12H14N2. The van der Waals surface area contributed by atoms with Crippen LogP contribution in [0.2, 0.25) is 0 Å². The SMILES string of the molecule is CCc1c(N)cc2ccccc2c1N. The summed E-state index contributed by atoms with van der Waals surface area (Å²) in [5, 5.41) is 2.21. The molecule has 0 unspecified atom stereocenters. The summed E-state index contributed by atoms with van der Waals surface area (Å²) in [4.78, 5) is 0. The van der Waals surface area contributed by atoms with E-state index < -0.39 is 0 Å². The third-order valence-electron chi connectivity index (χ3n) is 2.59. The van der Waals surface area contributed by atoms with Gasteiger partial charge < -0.3 is 11.5 Å². The lowest BCUT2D eigenvalue weighted by atomic mass is 10.0. The summed E-state index contributed by atoms with van der Waals surface area (Å²) >= 11 is 0. The molecule has 0 saturated heterocycles. The van der Waals surface area contributed by atoms with Crippen molar-refractivity contribution in [3.63, 3.8) is 0 Å². The van der Waals surface area contributed by atoms with E-state index in [1.54, 1.807) is 0 Å². The summed E-state index contributed by atoms with van der Waals surface area (Å²) < 4.78 is 0. The van der Waals surface area contributed by atoms with Gasteiger partial charge in [-0.2, -0.15) is 0 Å². The molecule has 2 rings (SSSR count). The van der Waals surface area contributed by atoms with Gasteiger partial charge in [0.15, 0.2) is 0 Å². The van der Waals surface area contributed by atoms with E-state index in [0.29, 0.717) is 0 Å². The molecule has 2 aromatic rings. The first-order valence-electron chi connectivity index (χ1n) is 4.79. The molecule has 0 aliphatic carbocycles. The Hall–Kier alpha value is -1.70. The molecule has 0 saturated carbocycles. The van der Waals surface area contributed by atoms with E-state index in [-0.39, 0.29) is 0 Å². The fraction of sp³-hybridized carbons (Fsp3) is 0.167. The largest absolute Gasteiger partial charge is 0.398 e. The number of fused-ring (bicyclic) bond motifs is 1. The molecule has 2 aromatic carbocycles. The summed E-state index contributed by atoms with van der Waals surface area (Å²) in [6, 6.07) is 10.0. The molecular weight excluding hydrogens is 172 g/mol. The molecule has 14 heavy (non-hydrogen) atoms. The summed E-state index contributed by atoms with van der Waals surface area (Å²) in [6.45, 7) is 2.07. The second kappa shape index (κ2) is 3.22. The number of hydrogen-bond acceptors (Lipinski definition) is 2. The van der Waals surface area contributed by atoms with Crippen molar-refractivity contribution in [1.82, 2.24) is 0 Å². The minimum Gasteiger partial charge on any atom is -0.398 e. The van der Waals surface area contributed by atoms with Gasteiger partial charge in [0.2, 0.25) is 0 Å². The molecule has 0 aromatic heterocycles. The van der Waals surface area contributed by atoms with Gasteiger partial charge in [-0.1, -0.05) is 31.2 Å². The van der Waals surface area contributed by atoms with Crippen LogP contribution in [-0.4, -0.2) is 0 Å². The zero-order chi connectivity index (χ0) is 10.1. The Morgan fingerprint density at radius 2 is 1.86 bits per heavy atom. The second-order valence-corrected chi connectivity index (χ2v) is 3.43. The average Bonchev–Trinajstić information content (AvgIpc) is 2.18. The van der Waals surface area contributed by atoms with E-state index in [2.05, 4.69) is 6.92 Å². The summed E-state index contributed by atoms with van der Waals surface area (Å²) in [5.74, 6) is 0. The minimum atomic E-state index is 0.795. The molecule has 0 spiro atoms. The Labute approximate surface area is 83.5 Å². The van der Waals surface area contributed by atoms with E-state index >= 15 is 0 Å². The van der Waals surface area contributed by atoms with Gasteiger partial charge in [-0.05, 0) is 23.4 Å². The predicted molar refractivity (Wildman–Crippen MR) is 62.2 cm³/mol. The standard InChI is InChI=1S/C12H14N2/c1-2-9-11(13)7-8-5-3-4-6-10(8)12(9)14/h3-7H,2,13-14H2,1H3. The molecule has 2 heteroatoms. The first-order chi connectivity index (χ1) is 6.74. The third-order valence-corrected chi connectivity index (χ3v) is 2.59. The first-order valence-corrected chi connectivity index (χ1v) is 4.79. The van der Waals surface area contributed by atoms with E-state index in [4.69, 9.17) is 11.5 Å². The molecule has 0 heterocycles. The van der Waals surface area contributed by atoms with Crippen LogP contribution in [0, 0.1) is 0 Å². The second-order valence-electron chi connectivity index (χ2n) is 3.43. The normalized spacial score (nSPS) is 10.6. The topological polar surface area (TPSA) is 52.0 Å². The summed E-state index contributed by atoms with van der Waals surface area (Å²) in [6.07, 6.45) is 0.877. The number of hydrogen-bond donors (Lipinski definition) is 2. The minimum absolute atomic E-state index is 0.795. The van der Waals surface area contributed by atoms with Crippen LogP contribution in [0.4, 0.5) is 11.4 Å². The fourth-order valence-electron chi connectivity index (χ4n) is 1.84. The number of anilines is 2. The van der Waals surface area contributed by atoms with Gasteiger partial charge in [0.1, 0.15) is 0 Å². The third kappa shape index (κ3) is 1.20. The molecule has 0 fully saturated rings. The molecule has 72 valence electrons. The van der Waals surface area contributed by atoms with Crippen LogP contribution < -0.4 is 11.5 Å². The molecule has 0 aliphatic heterocycles. The molecule has 4 N–H and O–H groups in total. The zero-order valence-corrected chi connectivity index (χ0v) is 8.25. The quantitative estimate of drug-likeness (QED) is 0.672. The number of rotatable bonds is 1. The van der Waals surface area contributed by atoms with Crippen LogP contribution in [0.25, 0.3) is 10.8 Å². The molecule has 2 nitrogen and oxygen atoms in total. The number of nitrogen functional groups attached to an aromatic ring is 2. The van der Waals surface area contributed by atoms with Crippen molar-refractivity contribution in [2.45, 2.75) is 13.3 Å². The first kappa shape index (κ1) is 8.88. The van der Waals surface area contributed by atoms with Gasteiger partial charge in [0.25, 0.3) is 0 Å². The molecule has 0 radical (unpaired) electrons. The van der Waals surface area contributed by atoms with Crippen molar-refractivity contribution < 1.29 is 0 Å². The number of benzene rings is 2. The van der Waals surface area contributed by atoms with Crippen LogP contribution in [-0.2, 0) is 6.42 Å². The van der Waals surface area contributed by atoms with Crippen LogP contribution in [0.1, 0.15) is 12.5 Å². The molecule has 0 atom stereocenters. The highest BCUT2D eigenvalue weighted by atomic mass is 14.6. The highest BCUT2D eigenvalue weighted by Crippen LogP contribution is 2.29. The van der Waals surface area contributed by atoms with E-state index in [0.717, 1.165) is 34.1 Å². The fourth-order valence-corrected chi connectivity index (χ4v) is 1.84. The van der Waals surface area contributed by atoms with Crippen molar-refractivity contribution >= 4 is 22.1 Å². The van der Waals surface area contributed by atoms with Gasteiger partial charge in [0.05, 0.1) is 0 Å². The Kier molecular flexibility index (Phi) is 2.04. The lowest BCUT2D eigenvalue weighted by Gasteiger charge is -2.10. The Morgan fingerprint density at radius 1 is 1.14 bits per heavy atom. The van der Waals surface area contributed by atoms with Gasteiger partial charge in [-0.3, -0.25) is 0 Å². The van der Waals surface area contributed by atoms with Crippen molar-refractivity contribution in [2.24, 2.45) is 0 Å². The zero-order valence-electron chi connectivity index (χ0n) is 8.25. The highest BCUT2D eigenvalue weighted by Gasteiger charge is 2.06. The van der Waals surface area contributed by atoms with E-state index in [9.17, 15) is 0 Å². The van der Waals surface area contributed by atoms with Crippen LogP contribution in [0.3, 0.4) is 0 Å². The Balaban J connectivity index is 2.86. The molecule has 0 bridgehead atoms. The smallest absolute Gasteiger partial charge is 0.0446 e. The van der Waals surface area contributed by atoms with Crippen molar-refractivity contribution in [3.8, 4) is 0 Å². The monoisotopic (exact) mass is 186 g/mol. The predicted octanol–water partition coefficient (Wildman–Crippen LogP) is 2.57. The van der Waals surface area contributed by atoms with Crippen LogP contribution in [0.5, 0.6) is 0 Å². The molecule has 0 aliphatic rings. The van der Waals surface area contributed by atoms with Gasteiger partial charge in [0, 0.05) is 16.8 Å². The van der Waals surface area contributed by atoms with Crippen LogP contribution in [0.15, 0.2) is 30.3 Å². The van der Waals surface area contributed by atoms with Gasteiger partial charge >= 0.3 is 0 Å². The lowest BCUT2D eigenvalue weighted by Crippen LogP contribution is -1.99. The van der Waals surface area contributed by atoms with Gasteiger partial charge in [-0.15, -0.1) is 0 Å². The number of nitrogens with two attached hydrogens (primary N) is 2. The summed E-state index contributed by atoms with van der Waals surface area (Å²) in [7, 11) is 0. The van der Waals surface area contributed by atoms with E-state index in [1.165, 1.54) is 0 Å². The maximum atomic E-state index is 6.05. The lowest BCUT2D eigenvalue weighted by molar-refractivity contribution is 1.15. The molecule has 0 amide bonds. The van der Waals surface area contributed by atoms with Crippen LogP contribution >= 0.6 is 0 Å². The Bertz CT molecular complexity index is 475. The van der Waals surface area contributed by atoms with Crippen molar-refractivity contribution in [1.29, 1.82) is 0 Å². The average molecular weight is 186 g/mol.